The lowest BCUT2D eigenvalue weighted by Gasteiger charge is -2.20. The van der Waals surface area contributed by atoms with Crippen LogP contribution in [0.4, 0.5) is 0 Å². The fourth-order valence-corrected chi connectivity index (χ4v) is 1.92. The van der Waals surface area contributed by atoms with Crippen molar-refractivity contribution in [2.45, 2.75) is 64.5 Å². The van der Waals surface area contributed by atoms with Crippen LogP contribution in [0, 0.1) is 0 Å². The van der Waals surface area contributed by atoms with Gasteiger partial charge in [0.25, 0.3) is 0 Å². The maximum absolute atomic E-state index is 11.5. The van der Waals surface area contributed by atoms with Gasteiger partial charge in [-0.25, -0.2) is 0 Å². The minimum absolute atomic E-state index is 0.105. The molecule has 0 aromatic carbocycles. The zero-order chi connectivity index (χ0) is 11.3. The Bertz CT molecular complexity index is 202. The minimum atomic E-state index is 0.105. The highest BCUT2D eigenvalue weighted by Gasteiger charge is 2.17. The molecule has 1 rings (SSSR count). The number of carbonyl (C=O) groups is 1. The van der Waals surface area contributed by atoms with Crippen LogP contribution in [-0.4, -0.2) is 24.0 Å². The summed E-state index contributed by atoms with van der Waals surface area (Å²) in [7, 11) is 0. The normalized spacial score (nSPS) is 18.1. The Kier molecular flexibility index (Phi) is 4.58. The van der Waals surface area contributed by atoms with E-state index in [1.54, 1.807) is 0 Å². The number of carbonyl (C=O) groups excluding carboxylic acids is 1. The smallest absolute Gasteiger partial charge is 0.221 e. The van der Waals surface area contributed by atoms with Crippen molar-refractivity contribution in [3.05, 3.63) is 0 Å². The number of hydrogen-bond donors (Lipinski definition) is 2. The fraction of sp³-hybridized carbons (Fsp3) is 0.917. The molecule has 0 saturated heterocycles. The molecular formula is C12H24N2O. The van der Waals surface area contributed by atoms with Crippen LogP contribution < -0.4 is 10.6 Å². The Morgan fingerprint density at radius 2 is 1.87 bits per heavy atom. The number of nitrogens with one attached hydrogen (secondary N) is 2. The summed E-state index contributed by atoms with van der Waals surface area (Å²) in [5, 5.41) is 6.40. The van der Waals surface area contributed by atoms with Crippen molar-refractivity contribution in [2.75, 3.05) is 6.54 Å². The van der Waals surface area contributed by atoms with Gasteiger partial charge < -0.3 is 10.6 Å². The van der Waals surface area contributed by atoms with Crippen LogP contribution in [0.1, 0.15) is 52.9 Å². The molecule has 2 N–H and O–H groups in total. The van der Waals surface area contributed by atoms with Gasteiger partial charge in [-0.3, -0.25) is 4.79 Å². The van der Waals surface area contributed by atoms with Crippen LogP contribution in [0.25, 0.3) is 0 Å². The monoisotopic (exact) mass is 212 g/mol. The molecule has 0 aliphatic heterocycles. The molecule has 1 fully saturated rings. The second-order valence-corrected chi connectivity index (χ2v) is 5.48. The van der Waals surface area contributed by atoms with Crippen molar-refractivity contribution in [1.29, 1.82) is 0 Å². The van der Waals surface area contributed by atoms with Crippen molar-refractivity contribution in [3.8, 4) is 0 Å². The first-order chi connectivity index (χ1) is 6.97. The zero-order valence-corrected chi connectivity index (χ0v) is 10.2. The van der Waals surface area contributed by atoms with Gasteiger partial charge in [0.1, 0.15) is 0 Å². The second kappa shape index (κ2) is 5.50. The second-order valence-electron chi connectivity index (χ2n) is 5.48. The molecule has 3 heteroatoms. The highest BCUT2D eigenvalue weighted by Crippen LogP contribution is 2.17. The largest absolute Gasteiger partial charge is 0.353 e. The van der Waals surface area contributed by atoms with Crippen LogP contribution in [0.2, 0.25) is 0 Å². The molecule has 0 aromatic heterocycles. The van der Waals surface area contributed by atoms with Crippen molar-refractivity contribution in [3.63, 3.8) is 0 Å². The van der Waals surface area contributed by atoms with Gasteiger partial charge >= 0.3 is 0 Å². The first-order valence-corrected chi connectivity index (χ1v) is 6.02. The van der Waals surface area contributed by atoms with Crippen LogP contribution >= 0.6 is 0 Å². The maximum atomic E-state index is 11.5. The lowest BCUT2D eigenvalue weighted by molar-refractivity contribution is -0.121. The van der Waals surface area contributed by atoms with E-state index in [9.17, 15) is 4.79 Å². The molecule has 1 amide bonds. The van der Waals surface area contributed by atoms with Crippen molar-refractivity contribution < 1.29 is 4.79 Å². The van der Waals surface area contributed by atoms with E-state index in [1.165, 1.54) is 25.7 Å². The first-order valence-electron chi connectivity index (χ1n) is 6.02. The average molecular weight is 212 g/mol. The molecule has 0 aromatic rings. The van der Waals surface area contributed by atoms with Crippen LogP contribution in [0.5, 0.6) is 0 Å². The molecule has 88 valence electrons. The van der Waals surface area contributed by atoms with E-state index in [0.29, 0.717) is 12.5 Å². The first kappa shape index (κ1) is 12.5. The predicted molar refractivity (Wildman–Crippen MR) is 62.8 cm³/mol. The molecule has 0 bridgehead atoms. The maximum Gasteiger partial charge on any atom is 0.221 e. The Hall–Kier alpha value is -0.570. The standard InChI is InChI=1S/C12H24N2O/c1-12(2,3)13-9-8-11(15)14-10-6-4-5-7-10/h10,13H,4-9H2,1-3H3,(H,14,15). The van der Waals surface area contributed by atoms with Crippen LogP contribution in [0.15, 0.2) is 0 Å². The summed E-state index contributed by atoms with van der Waals surface area (Å²) < 4.78 is 0. The van der Waals surface area contributed by atoms with Gasteiger partial charge in [-0.05, 0) is 33.6 Å². The number of amides is 1. The van der Waals surface area contributed by atoms with E-state index in [-0.39, 0.29) is 11.4 Å². The van der Waals surface area contributed by atoms with Gasteiger partial charge in [0, 0.05) is 24.5 Å². The van der Waals surface area contributed by atoms with E-state index in [1.807, 2.05) is 0 Å². The molecule has 0 atom stereocenters. The molecule has 3 nitrogen and oxygen atoms in total. The molecule has 0 unspecified atom stereocenters. The molecule has 1 aliphatic rings. The Morgan fingerprint density at radius 1 is 1.27 bits per heavy atom. The molecule has 0 spiro atoms. The quantitative estimate of drug-likeness (QED) is 0.746. The SMILES string of the molecule is CC(C)(C)NCCC(=O)NC1CCCC1. The third-order valence-electron chi connectivity index (χ3n) is 2.73. The minimum Gasteiger partial charge on any atom is -0.353 e. The van der Waals surface area contributed by atoms with E-state index in [2.05, 4.69) is 31.4 Å². The lowest BCUT2D eigenvalue weighted by Crippen LogP contribution is -2.40. The van der Waals surface area contributed by atoms with E-state index in [4.69, 9.17) is 0 Å². The van der Waals surface area contributed by atoms with E-state index >= 15 is 0 Å². The zero-order valence-electron chi connectivity index (χ0n) is 10.2. The van der Waals surface area contributed by atoms with Gasteiger partial charge in [-0.1, -0.05) is 12.8 Å². The topological polar surface area (TPSA) is 41.1 Å². The summed E-state index contributed by atoms with van der Waals surface area (Å²) in [5.41, 5.74) is 0.105. The summed E-state index contributed by atoms with van der Waals surface area (Å²) in [5.74, 6) is 0.193. The van der Waals surface area contributed by atoms with Crippen molar-refractivity contribution in [1.82, 2.24) is 10.6 Å². The Balaban J connectivity index is 2.08. The van der Waals surface area contributed by atoms with Gasteiger partial charge in [-0.15, -0.1) is 0 Å². The molecule has 1 saturated carbocycles. The van der Waals surface area contributed by atoms with Gasteiger partial charge in [0.05, 0.1) is 0 Å². The number of hydrogen-bond acceptors (Lipinski definition) is 2. The summed E-state index contributed by atoms with van der Waals surface area (Å²) in [4.78, 5) is 11.5. The summed E-state index contributed by atoms with van der Waals surface area (Å²) in [6.07, 6.45) is 5.46. The summed E-state index contributed by atoms with van der Waals surface area (Å²) in [6, 6.07) is 0.451. The molecular weight excluding hydrogens is 188 g/mol. The molecule has 0 heterocycles. The lowest BCUT2D eigenvalue weighted by atomic mass is 10.1. The number of rotatable bonds is 4. The van der Waals surface area contributed by atoms with Crippen LogP contribution in [-0.2, 0) is 4.79 Å². The van der Waals surface area contributed by atoms with E-state index in [0.717, 1.165) is 6.54 Å². The van der Waals surface area contributed by atoms with Gasteiger partial charge in [0.15, 0.2) is 0 Å². The highest BCUT2D eigenvalue weighted by atomic mass is 16.1. The van der Waals surface area contributed by atoms with Gasteiger partial charge in [0.2, 0.25) is 5.91 Å². The third-order valence-corrected chi connectivity index (χ3v) is 2.73. The van der Waals surface area contributed by atoms with E-state index < -0.39 is 0 Å². The fourth-order valence-electron chi connectivity index (χ4n) is 1.92. The predicted octanol–water partition coefficient (Wildman–Crippen LogP) is 1.82. The third kappa shape index (κ3) is 5.78. The molecule has 0 radical (unpaired) electrons. The van der Waals surface area contributed by atoms with Gasteiger partial charge in [-0.2, -0.15) is 0 Å². The molecule has 1 aliphatic carbocycles. The summed E-state index contributed by atoms with van der Waals surface area (Å²) in [6.45, 7) is 7.10. The van der Waals surface area contributed by atoms with Crippen molar-refractivity contribution >= 4 is 5.91 Å². The average Bonchev–Trinajstić information content (AvgIpc) is 2.54. The Labute approximate surface area is 93.0 Å². The van der Waals surface area contributed by atoms with Crippen molar-refractivity contribution in [2.24, 2.45) is 0 Å². The highest BCUT2D eigenvalue weighted by molar-refractivity contribution is 5.76. The van der Waals surface area contributed by atoms with Crippen LogP contribution in [0.3, 0.4) is 0 Å². The Morgan fingerprint density at radius 3 is 2.40 bits per heavy atom. The molecule has 15 heavy (non-hydrogen) atoms. The summed E-state index contributed by atoms with van der Waals surface area (Å²) >= 11 is 0.